The number of carbonyl (C=O) groups is 1. The van der Waals surface area contributed by atoms with Gasteiger partial charge >= 0.3 is 6.09 Å². The van der Waals surface area contributed by atoms with Crippen LogP contribution in [0.25, 0.3) is 0 Å². The van der Waals surface area contributed by atoms with E-state index in [1.165, 1.54) is 0 Å². The van der Waals surface area contributed by atoms with Crippen LogP contribution in [0.2, 0.25) is 0 Å². The number of hydrogen-bond acceptors (Lipinski definition) is 3. The zero-order chi connectivity index (χ0) is 17.4. The minimum Gasteiger partial charge on any atom is -0.450 e. The number of ether oxygens (including phenoxy) is 1. The number of benzene rings is 2. The topological polar surface area (TPSA) is 49.8 Å². The maximum absolute atomic E-state index is 12.2. The minimum atomic E-state index is -0.997. The fourth-order valence-electron chi connectivity index (χ4n) is 4.58. The van der Waals surface area contributed by atoms with Crippen molar-refractivity contribution in [3.05, 3.63) is 71.3 Å². The summed E-state index contributed by atoms with van der Waals surface area (Å²) in [5.74, 6) is 0.192. The van der Waals surface area contributed by atoms with Crippen LogP contribution in [0.3, 0.4) is 0 Å². The number of rotatable bonds is 2. The van der Waals surface area contributed by atoms with Crippen molar-refractivity contribution in [1.29, 1.82) is 0 Å². The van der Waals surface area contributed by atoms with Gasteiger partial charge in [0.05, 0.1) is 6.61 Å². The monoisotopic (exact) mass is 337 g/mol. The van der Waals surface area contributed by atoms with Gasteiger partial charge in [-0.25, -0.2) is 4.79 Å². The largest absolute Gasteiger partial charge is 0.450 e. The summed E-state index contributed by atoms with van der Waals surface area (Å²) >= 11 is 0. The molecule has 0 spiro atoms. The average molecular weight is 337 g/mol. The van der Waals surface area contributed by atoms with Crippen LogP contribution < -0.4 is 0 Å². The predicted octanol–water partition coefficient (Wildman–Crippen LogP) is 3.50. The number of aliphatic hydroxyl groups is 1. The molecular weight excluding hydrogens is 314 g/mol. The van der Waals surface area contributed by atoms with E-state index < -0.39 is 5.60 Å². The molecule has 4 heteroatoms. The Kier molecular flexibility index (Phi) is 4.00. The van der Waals surface area contributed by atoms with Gasteiger partial charge in [-0.15, -0.1) is 0 Å². The van der Waals surface area contributed by atoms with Gasteiger partial charge in [0.1, 0.15) is 5.60 Å². The van der Waals surface area contributed by atoms with Crippen molar-refractivity contribution in [2.45, 2.75) is 24.9 Å². The molecule has 25 heavy (non-hydrogen) atoms. The van der Waals surface area contributed by atoms with Crippen LogP contribution in [-0.2, 0) is 10.3 Å². The number of carbonyl (C=O) groups excluding carboxylic acids is 1. The molecule has 4 nitrogen and oxygen atoms in total. The van der Waals surface area contributed by atoms with Crippen molar-refractivity contribution in [2.24, 2.45) is 5.92 Å². The van der Waals surface area contributed by atoms with Crippen LogP contribution in [0.5, 0.6) is 0 Å². The number of piperidine rings is 1. The first kappa shape index (κ1) is 16.2. The molecule has 3 unspecified atom stereocenters. The van der Waals surface area contributed by atoms with Crippen molar-refractivity contribution >= 4 is 6.09 Å². The van der Waals surface area contributed by atoms with Crippen LogP contribution >= 0.6 is 0 Å². The summed E-state index contributed by atoms with van der Waals surface area (Å²) in [6, 6.07) is 18.0. The number of amides is 1. The molecule has 1 aliphatic heterocycles. The van der Waals surface area contributed by atoms with E-state index in [4.69, 9.17) is 4.74 Å². The van der Waals surface area contributed by atoms with E-state index in [1.807, 2.05) is 55.5 Å². The molecule has 2 aromatic rings. The van der Waals surface area contributed by atoms with Crippen LogP contribution in [-0.4, -0.2) is 35.8 Å². The third-order valence-corrected chi connectivity index (χ3v) is 5.66. The highest BCUT2D eigenvalue weighted by molar-refractivity contribution is 5.68. The first-order chi connectivity index (χ1) is 12.2. The first-order valence-corrected chi connectivity index (χ1v) is 8.95. The molecule has 1 N–H and O–H groups in total. The van der Waals surface area contributed by atoms with Gasteiger partial charge in [0.25, 0.3) is 0 Å². The van der Waals surface area contributed by atoms with Gasteiger partial charge < -0.3 is 14.7 Å². The lowest BCUT2D eigenvalue weighted by molar-refractivity contribution is -0.00847. The summed E-state index contributed by atoms with van der Waals surface area (Å²) in [4.78, 5) is 13.9. The predicted molar refractivity (Wildman–Crippen MR) is 95.3 cm³/mol. The van der Waals surface area contributed by atoms with E-state index in [-0.39, 0.29) is 17.9 Å². The Balaban J connectivity index is 1.75. The molecule has 4 rings (SSSR count). The second-order valence-electron chi connectivity index (χ2n) is 6.87. The molecule has 0 saturated carbocycles. The number of hydrogen-bond donors (Lipinski definition) is 1. The molecule has 0 aromatic heterocycles. The summed E-state index contributed by atoms with van der Waals surface area (Å²) in [7, 11) is 0. The highest BCUT2D eigenvalue weighted by atomic mass is 16.6. The summed E-state index contributed by atoms with van der Waals surface area (Å²) in [6.45, 7) is 3.41. The van der Waals surface area contributed by atoms with Crippen molar-refractivity contribution in [3.8, 4) is 0 Å². The summed E-state index contributed by atoms with van der Waals surface area (Å²) in [5.41, 5.74) is 2.05. The molecule has 2 aliphatic rings. The van der Waals surface area contributed by atoms with Gasteiger partial charge in [0.2, 0.25) is 0 Å². The SMILES string of the molecule is CCOC(=O)N1CCC2C(C1)c1ccccc1C2(O)c1ccccc1. The third kappa shape index (κ3) is 2.44. The van der Waals surface area contributed by atoms with E-state index in [1.54, 1.807) is 4.90 Å². The van der Waals surface area contributed by atoms with Gasteiger partial charge in [-0.2, -0.15) is 0 Å². The van der Waals surface area contributed by atoms with Crippen LogP contribution in [0, 0.1) is 5.92 Å². The van der Waals surface area contributed by atoms with Gasteiger partial charge in [0, 0.05) is 24.9 Å². The molecule has 1 aliphatic carbocycles. The number of likely N-dealkylation sites (tertiary alicyclic amines) is 1. The van der Waals surface area contributed by atoms with E-state index in [0.29, 0.717) is 19.7 Å². The fourth-order valence-corrected chi connectivity index (χ4v) is 4.58. The second kappa shape index (κ2) is 6.19. The lowest BCUT2D eigenvalue weighted by Gasteiger charge is -2.40. The Bertz CT molecular complexity index is 776. The first-order valence-electron chi connectivity index (χ1n) is 8.95. The molecule has 3 atom stereocenters. The molecule has 0 bridgehead atoms. The average Bonchev–Trinajstić information content (AvgIpc) is 2.93. The summed E-state index contributed by atoms with van der Waals surface area (Å²) in [5, 5.41) is 11.8. The van der Waals surface area contributed by atoms with Crippen LogP contribution in [0.4, 0.5) is 4.79 Å². The minimum absolute atomic E-state index is 0.0676. The molecule has 0 radical (unpaired) electrons. The molecule has 1 amide bonds. The van der Waals surface area contributed by atoms with Crippen molar-refractivity contribution in [3.63, 3.8) is 0 Å². The zero-order valence-electron chi connectivity index (χ0n) is 14.4. The van der Waals surface area contributed by atoms with Crippen molar-refractivity contribution in [2.75, 3.05) is 19.7 Å². The van der Waals surface area contributed by atoms with E-state index in [0.717, 1.165) is 23.1 Å². The van der Waals surface area contributed by atoms with E-state index in [2.05, 4.69) is 6.07 Å². The second-order valence-corrected chi connectivity index (χ2v) is 6.87. The van der Waals surface area contributed by atoms with Gasteiger partial charge in [0.15, 0.2) is 0 Å². The lowest BCUT2D eigenvalue weighted by Crippen LogP contribution is -2.46. The lowest BCUT2D eigenvalue weighted by atomic mass is 9.75. The van der Waals surface area contributed by atoms with Crippen molar-refractivity contribution < 1.29 is 14.6 Å². The Morgan fingerprint density at radius 2 is 1.92 bits per heavy atom. The molecule has 1 saturated heterocycles. The normalized spacial score (nSPS) is 27.5. The molecule has 2 aromatic carbocycles. The van der Waals surface area contributed by atoms with E-state index >= 15 is 0 Å². The van der Waals surface area contributed by atoms with Crippen LogP contribution in [0.15, 0.2) is 54.6 Å². The van der Waals surface area contributed by atoms with Crippen molar-refractivity contribution in [1.82, 2.24) is 4.90 Å². The molecule has 1 heterocycles. The van der Waals surface area contributed by atoms with Gasteiger partial charge in [-0.3, -0.25) is 0 Å². The maximum Gasteiger partial charge on any atom is 0.409 e. The van der Waals surface area contributed by atoms with Gasteiger partial charge in [-0.05, 0) is 30.0 Å². The highest BCUT2D eigenvalue weighted by Crippen LogP contribution is 2.55. The molecule has 130 valence electrons. The molecular formula is C21H23NO3. The Morgan fingerprint density at radius 3 is 2.68 bits per heavy atom. The number of fused-ring (bicyclic) bond motifs is 3. The van der Waals surface area contributed by atoms with Crippen LogP contribution in [0.1, 0.15) is 36.0 Å². The standard InChI is InChI=1S/C21H23NO3/c1-2-25-20(23)22-13-12-19-17(14-22)16-10-6-7-11-18(16)21(19,24)15-8-4-3-5-9-15/h3-11,17,19,24H,2,12-14H2,1H3. The highest BCUT2D eigenvalue weighted by Gasteiger charge is 2.54. The summed E-state index contributed by atoms with van der Waals surface area (Å²) < 4.78 is 5.18. The Hall–Kier alpha value is -2.33. The Morgan fingerprint density at radius 1 is 1.20 bits per heavy atom. The third-order valence-electron chi connectivity index (χ3n) is 5.66. The quantitative estimate of drug-likeness (QED) is 0.912. The Labute approximate surface area is 148 Å². The molecule has 1 fully saturated rings. The fraction of sp³-hybridized carbons (Fsp3) is 0.381. The summed E-state index contributed by atoms with van der Waals surface area (Å²) in [6.07, 6.45) is 0.498. The zero-order valence-corrected chi connectivity index (χ0v) is 14.4. The number of nitrogens with zero attached hydrogens (tertiary/aromatic N) is 1. The smallest absolute Gasteiger partial charge is 0.409 e. The van der Waals surface area contributed by atoms with E-state index in [9.17, 15) is 9.90 Å². The van der Waals surface area contributed by atoms with Gasteiger partial charge in [-0.1, -0.05) is 54.6 Å². The maximum atomic E-state index is 12.2.